The second kappa shape index (κ2) is 8.79. The second-order valence-electron chi connectivity index (χ2n) is 9.81. The summed E-state index contributed by atoms with van der Waals surface area (Å²) in [7, 11) is 0. The number of ether oxygens (including phenoxy) is 1. The van der Waals surface area contributed by atoms with Crippen molar-refractivity contribution in [2.24, 2.45) is 0 Å². The van der Waals surface area contributed by atoms with Crippen LogP contribution in [0.2, 0.25) is 0 Å². The summed E-state index contributed by atoms with van der Waals surface area (Å²) >= 11 is 0. The van der Waals surface area contributed by atoms with E-state index in [1.807, 2.05) is 4.90 Å². The van der Waals surface area contributed by atoms with Crippen molar-refractivity contribution in [1.82, 2.24) is 4.90 Å². The van der Waals surface area contributed by atoms with E-state index in [0.29, 0.717) is 6.61 Å². The molecule has 2 heterocycles. The number of fused-ring (bicyclic) bond motifs is 5. The van der Waals surface area contributed by atoms with Crippen LogP contribution in [0.25, 0.3) is 16.7 Å². The molecule has 1 amide bonds. The largest absolute Gasteiger partial charge is 0.448 e. The van der Waals surface area contributed by atoms with Crippen LogP contribution < -0.4 is 0 Å². The lowest BCUT2D eigenvalue weighted by atomic mass is 9.83. The standard InChI is InChI=1S/C31H31NO2/c1-2-21-9-7-10-22(17-21)23-18-24-11-8-12-25(19-23)32(24)31(33)34-20-30-28-15-5-3-13-26(28)27-14-4-6-16-29(27)30/h3-7,9-10,13-18,24-25,30H,2,8,11-12,19-20H2,1H3. The number of hydrogen-bond acceptors (Lipinski definition) is 2. The van der Waals surface area contributed by atoms with E-state index in [2.05, 4.69) is 85.8 Å². The zero-order valence-electron chi connectivity index (χ0n) is 19.7. The molecule has 2 bridgehead atoms. The van der Waals surface area contributed by atoms with Crippen molar-refractivity contribution >= 4 is 11.7 Å². The number of aryl methyl sites for hydroxylation is 1. The first-order chi connectivity index (χ1) is 16.7. The van der Waals surface area contributed by atoms with E-state index >= 15 is 0 Å². The van der Waals surface area contributed by atoms with E-state index < -0.39 is 0 Å². The van der Waals surface area contributed by atoms with Gasteiger partial charge in [0.2, 0.25) is 0 Å². The molecule has 1 saturated heterocycles. The minimum absolute atomic E-state index is 0.101. The Bertz CT molecular complexity index is 1210. The molecule has 2 aliphatic heterocycles. The van der Waals surface area contributed by atoms with Crippen LogP contribution in [0.1, 0.15) is 60.8 Å². The summed E-state index contributed by atoms with van der Waals surface area (Å²) in [5.41, 5.74) is 9.09. The third kappa shape index (κ3) is 3.64. The zero-order chi connectivity index (χ0) is 23.1. The minimum atomic E-state index is -0.158. The third-order valence-corrected chi connectivity index (χ3v) is 7.89. The van der Waals surface area contributed by atoms with E-state index in [1.54, 1.807) is 0 Å². The Labute approximate surface area is 202 Å². The summed E-state index contributed by atoms with van der Waals surface area (Å²) in [6.45, 7) is 2.58. The molecule has 3 aromatic carbocycles. The van der Waals surface area contributed by atoms with Crippen molar-refractivity contribution in [3.05, 3.63) is 101 Å². The average molecular weight is 450 g/mol. The van der Waals surface area contributed by atoms with Gasteiger partial charge in [-0.15, -0.1) is 0 Å². The van der Waals surface area contributed by atoms with E-state index in [-0.39, 0.29) is 24.1 Å². The van der Waals surface area contributed by atoms with Gasteiger partial charge in [0.25, 0.3) is 0 Å². The summed E-state index contributed by atoms with van der Waals surface area (Å²) in [6.07, 6.45) is 7.35. The SMILES string of the molecule is CCc1cccc(C2=CC3CCCC(C2)N3C(=O)OCC2c3ccccc3-c3ccccc32)c1. The first-order valence-electron chi connectivity index (χ1n) is 12.7. The molecule has 0 saturated carbocycles. The number of piperidine rings is 1. The van der Waals surface area contributed by atoms with Crippen molar-refractivity contribution in [3.63, 3.8) is 0 Å². The van der Waals surface area contributed by atoms with Gasteiger partial charge in [0, 0.05) is 12.0 Å². The summed E-state index contributed by atoms with van der Waals surface area (Å²) in [4.78, 5) is 15.4. The Hall–Kier alpha value is -3.33. The highest BCUT2D eigenvalue weighted by Gasteiger charge is 2.39. The molecule has 0 spiro atoms. The molecule has 3 aromatic rings. The highest BCUT2D eigenvalue weighted by Crippen LogP contribution is 2.45. The maximum Gasteiger partial charge on any atom is 0.410 e. The fourth-order valence-electron chi connectivity index (χ4n) is 6.19. The molecular formula is C31H31NO2. The lowest BCUT2D eigenvalue weighted by molar-refractivity contribution is 0.0539. The van der Waals surface area contributed by atoms with E-state index in [9.17, 15) is 4.79 Å². The van der Waals surface area contributed by atoms with E-state index in [0.717, 1.165) is 25.7 Å². The van der Waals surface area contributed by atoms with Crippen LogP contribution in [-0.4, -0.2) is 29.7 Å². The van der Waals surface area contributed by atoms with Crippen molar-refractivity contribution < 1.29 is 9.53 Å². The Kier molecular flexibility index (Phi) is 5.49. The number of amides is 1. The molecule has 3 nitrogen and oxygen atoms in total. The van der Waals surface area contributed by atoms with Crippen LogP contribution in [0, 0.1) is 0 Å². The second-order valence-corrected chi connectivity index (χ2v) is 9.81. The van der Waals surface area contributed by atoms with Gasteiger partial charge in [-0.25, -0.2) is 4.79 Å². The lowest BCUT2D eigenvalue weighted by Crippen LogP contribution is -2.51. The predicted molar refractivity (Wildman–Crippen MR) is 137 cm³/mol. The molecule has 172 valence electrons. The Morgan fingerprint density at radius 3 is 2.38 bits per heavy atom. The molecule has 3 heteroatoms. The number of hydrogen-bond donors (Lipinski definition) is 0. The first kappa shape index (κ1) is 21.2. The molecule has 2 unspecified atom stereocenters. The van der Waals surface area contributed by atoms with Crippen molar-refractivity contribution in [2.75, 3.05) is 6.61 Å². The van der Waals surface area contributed by atoms with Crippen LogP contribution >= 0.6 is 0 Å². The quantitative estimate of drug-likeness (QED) is 0.421. The molecule has 34 heavy (non-hydrogen) atoms. The fraction of sp³-hybridized carbons (Fsp3) is 0.323. The molecule has 1 aliphatic carbocycles. The van der Waals surface area contributed by atoms with Crippen LogP contribution in [0.5, 0.6) is 0 Å². The topological polar surface area (TPSA) is 29.5 Å². The molecule has 1 fully saturated rings. The van der Waals surface area contributed by atoms with Gasteiger partial charge in [0.15, 0.2) is 0 Å². The third-order valence-electron chi connectivity index (χ3n) is 7.89. The Morgan fingerprint density at radius 2 is 1.68 bits per heavy atom. The molecule has 0 radical (unpaired) electrons. The maximum atomic E-state index is 13.4. The lowest BCUT2D eigenvalue weighted by Gasteiger charge is -2.44. The van der Waals surface area contributed by atoms with Gasteiger partial charge in [0.05, 0.1) is 6.04 Å². The van der Waals surface area contributed by atoms with E-state index in [1.165, 1.54) is 45.4 Å². The molecule has 2 atom stereocenters. The summed E-state index contributed by atoms with van der Waals surface area (Å²) in [5, 5.41) is 0. The number of rotatable bonds is 4. The van der Waals surface area contributed by atoms with Gasteiger partial charge < -0.3 is 4.74 Å². The summed E-state index contributed by atoms with van der Waals surface area (Å²) in [5.74, 6) is 0.101. The fourth-order valence-corrected chi connectivity index (χ4v) is 6.19. The number of nitrogens with zero attached hydrogens (tertiary/aromatic N) is 1. The van der Waals surface area contributed by atoms with Crippen LogP contribution in [0.15, 0.2) is 78.9 Å². The number of carbonyl (C=O) groups excluding carboxylic acids is 1. The smallest absolute Gasteiger partial charge is 0.410 e. The van der Waals surface area contributed by atoms with Gasteiger partial charge >= 0.3 is 6.09 Å². The molecule has 6 rings (SSSR count). The van der Waals surface area contributed by atoms with Crippen molar-refractivity contribution in [3.8, 4) is 11.1 Å². The minimum Gasteiger partial charge on any atom is -0.448 e. The van der Waals surface area contributed by atoms with Crippen LogP contribution in [-0.2, 0) is 11.2 Å². The Morgan fingerprint density at radius 1 is 0.941 bits per heavy atom. The van der Waals surface area contributed by atoms with Gasteiger partial charge in [-0.3, -0.25) is 4.90 Å². The molecule has 0 aromatic heterocycles. The normalized spacial score (nSPS) is 21.0. The predicted octanol–water partition coefficient (Wildman–Crippen LogP) is 7.21. The van der Waals surface area contributed by atoms with Crippen molar-refractivity contribution in [1.29, 1.82) is 0 Å². The zero-order valence-corrected chi connectivity index (χ0v) is 19.7. The maximum absolute atomic E-state index is 13.4. The highest BCUT2D eigenvalue weighted by molar-refractivity contribution is 5.79. The van der Waals surface area contributed by atoms with Crippen LogP contribution in [0.3, 0.4) is 0 Å². The Balaban J connectivity index is 1.22. The average Bonchev–Trinajstić information content (AvgIpc) is 3.20. The van der Waals surface area contributed by atoms with Gasteiger partial charge in [0.1, 0.15) is 6.61 Å². The molecule has 0 N–H and O–H groups in total. The molecule has 3 aliphatic rings. The van der Waals surface area contributed by atoms with E-state index in [4.69, 9.17) is 4.74 Å². The number of benzene rings is 3. The van der Waals surface area contributed by atoms with Crippen LogP contribution in [0.4, 0.5) is 4.79 Å². The summed E-state index contributed by atoms with van der Waals surface area (Å²) < 4.78 is 6.05. The highest BCUT2D eigenvalue weighted by atomic mass is 16.6. The van der Waals surface area contributed by atoms with Gasteiger partial charge in [-0.2, -0.15) is 0 Å². The number of carbonyl (C=O) groups is 1. The van der Waals surface area contributed by atoms with Gasteiger partial charge in [-0.1, -0.05) is 85.8 Å². The monoisotopic (exact) mass is 449 g/mol. The van der Waals surface area contributed by atoms with Crippen molar-refractivity contribution in [2.45, 2.75) is 57.0 Å². The van der Waals surface area contributed by atoms with Gasteiger partial charge in [-0.05, 0) is 71.1 Å². The summed E-state index contributed by atoms with van der Waals surface area (Å²) in [6, 6.07) is 26.2. The first-order valence-corrected chi connectivity index (χ1v) is 12.7. The molecular weight excluding hydrogens is 418 g/mol.